The van der Waals surface area contributed by atoms with E-state index >= 15 is 0 Å². The fraction of sp³-hybridized carbons (Fsp3) is 0.650. The van der Waals surface area contributed by atoms with Gasteiger partial charge in [-0.05, 0) is 18.9 Å². The minimum atomic E-state index is 0.611. The first-order chi connectivity index (χ1) is 12.2. The fourth-order valence-electron chi connectivity index (χ4n) is 3.55. The summed E-state index contributed by atoms with van der Waals surface area (Å²) in [6.07, 6.45) is 2.37. The van der Waals surface area contributed by atoms with Gasteiger partial charge < -0.3 is 10.6 Å². The first-order valence-electron chi connectivity index (χ1n) is 9.78. The van der Waals surface area contributed by atoms with E-state index < -0.39 is 0 Å². The number of hydrogen-bond acceptors (Lipinski definition) is 3. The molecule has 0 saturated carbocycles. The number of aryl methyl sites for hydroxylation is 1. The molecule has 3 saturated heterocycles. The zero-order valence-corrected chi connectivity index (χ0v) is 15.8. The predicted octanol–water partition coefficient (Wildman–Crippen LogP) is 1.83. The van der Waals surface area contributed by atoms with Crippen molar-refractivity contribution < 1.29 is 0 Å². The first-order valence-corrected chi connectivity index (χ1v) is 9.78. The molecule has 2 N–H and O–H groups in total. The van der Waals surface area contributed by atoms with Crippen LogP contribution in [-0.2, 0) is 6.54 Å². The normalized spacial score (nSPS) is 25.8. The summed E-state index contributed by atoms with van der Waals surface area (Å²) in [6, 6.07) is 9.26. The lowest BCUT2D eigenvalue weighted by Gasteiger charge is -2.47. The SMILES string of the molecule is CCCCNC(=NCc1ccc(C)cc1)NCC1CN2CCN1CC2. The minimum absolute atomic E-state index is 0.611. The molecule has 3 heterocycles. The summed E-state index contributed by atoms with van der Waals surface area (Å²) < 4.78 is 0. The zero-order valence-electron chi connectivity index (χ0n) is 15.8. The molecule has 3 aliphatic rings. The Morgan fingerprint density at radius 2 is 1.88 bits per heavy atom. The van der Waals surface area contributed by atoms with E-state index in [0.29, 0.717) is 6.04 Å². The molecule has 0 amide bonds. The molecular formula is C20H33N5. The maximum atomic E-state index is 4.80. The number of aliphatic imine (C=N–C) groups is 1. The van der Waals surface area contributed by atoms with Crippen LogP contribution in [0.15, 0.2) is 29.3 Å². The Morgan fingerprint density at radius 1 is 1.12 bits per heavy atom. The molecule has 138 valence electrons. The number of rotatable bonds is 7. The van der Waals surface area contributed by atoms with Crippen molar-refractivity contribution in [3.8, 4) is 0 Å². The highest BCUT2D eigenvalue weighted by Gasteiger charge is 2.31. The molecule has 5 nitrogen and oxygen atoms in total. The van der Waals surface area contributed by atoms with E-state index in [1.54, 1.807) is 0 Å². The average Bonchev–Trinajstić information content (AvgIpc) is 2.66. The number of piperazine rings is 3. The molecule has 0 radical (unpaired) electrons. The van der Waals surface area contributed by atoms with Gasteiger partial charge in [-0.15, -0.1) is 0 Å². The lowest BCUT2D eigenvalue weighted by atomic mass is 10.1. The quantitative estimate of drug-likeness (QED) is 0.450. The topological polar surface area (TPSA) is 42.9 Å². The van der Waals surface area contributed by atoms with Gasteiger partial charge in [-0.1, -0.05) is 43.2 Å². The number of benzene rings is 1. The lowest BCUT2D eigenvalue weighted by Crippen LogP contribution is -2.63. The summed E-state index contributed by atoms with van der Waals surface area (Å²) in [6.45, 7) is 13.1. The highest BCUT2D eigenvalue weighted by Crippen LogP contribution is 2.14. The third kappa shape index (κ3) is 5.44. The highest BCUT2D eigenvalue weighted by atomic mass is 15.4. The van der Waals surface area contributed by atoms with E-state index in [0.717, 1.165) is 25.6 Å². The molecule has 1 aromatic carbocycles. The van der Waals surface area contributed by atoms with Crippen molar-refractivity contribution in [2.45, 2.75) is 39.3 Å². The molecule has 3 fully saturated rings. The monoisotopic (exact) mass is 343 g/mol. The number of nitrogens with zero attached hydrogens (tertiary/aromatic N) is 3. The maximum Gasteiger partial charge on any atom is 0.191 e. The van der Waals surface area contributed by atoms with E-state index in [-0.39, 0.29) is 0 Å². The van der Waals surface area contributed by atoms with E-state index in [1.807, 2.05) is 0 Å². The largest absolute Gasteiger partial charge is 0.356 e. The van der Waals surface area contributed by atoms with Gasteiger partial charge in [0.15, 0.2) is 5.96 Å². The first kappa shape index (κ1) is 18.2. The van der Waals surface area contributed by atoms with Crippen LogP contribution in [0.4, 0.5) is 0 Å². The molecule has 25 heavy (non-hydrogen) atoms. The van der Waals surface area contributed by atoms with Crippen LogP contribution in [-0.4, -0.2) is 67.6 Å². The van der Waals surface area contributed by atoms with Crippen molar-refractivity contribution in [2.24, 2.45) is 4.99 Å². The van der Waals surface area contributed by atoms with Crippen molar-refractivity contribution in [2.75, 3.05) is 45.8 Å². The van der Waals surface area contributed by atoms with Gasteiger partial charge in [-0.2, -0.15) is 0 Å². The Hall–Kier alpha value is -1.59. The van der Waals surface area contributed by atoms with Crippen molar-refractivity contribution in [1.29, 1.82) is 0 Å². The van der Waals surface area contributed by atoms with E-state index in [1.165, 1.54) is 56.7 Å². The molecule has 0 aromatic heterocycles. The van der Waals surface area contributed by atoms with Crippen molar-refractivity contribution in [1.82, 2.24) is 20.4 Å². The standard InChI is InChI=1S/C20H33N5/c1-3-4-9-21-20(22-14-18-7-5-17(2)6-8-18)23-15-19-16-24-10-12-25(19)13-11-24/h5-8,19H,3-4,9-16H2,1-2H3,(H2,21,22,23). The van der Waals surface area contributed by atoms with Crippen LogP contribution in [0.3, 0.4) is 0 Å². The molecule has 4 rings (SSSR count). The smallest absolute Gasteiger partial charge is 0.191 e. The highest BCUT2D eigenvalue weighted by molar-refractivity contribution is 5.79. The number of nitrogens with one attached hydrogen (secondary N) is 2. The van der Waals surface area contributed by atoms with Crippen molar-refractivity contribution in [3.05, 3.63) is 35.4 Å². The number of hydrogen-bond donors (Lipinski definition) is 2. The Morgan fingerprint density at radius 3 is 2.52 bits per heavy atom. The lowest BCUT2D eigenvalue weighted by molar-refractivity contribution is 0.0154. The molecule has 2 bridgehead atoms. The summed E-state index contributed by atoms with van der Waals surface area (Å²) in [5, 5.41) is 7.08. The molecule has 1 unspecified atom stereocenters. The second kappa shape index (κ2) is 9.20. The van der Waals surface area contributed by atoms with Gasteiger partial charge in [0.1, 0.15) is 0 Å². The third-order valence-electron chi connectivity index (χ3n) is 5.26. The van der Waals surface area contributed by atoms with Gasteiger partial charge in [0.25, 0.3) is 0 Å². The Balaban J connectivity index is 1.54. The third-order valence-corrected chi connectivity index (χ3v) is 5.26. The summed E-state index contributed by atoms with van der Waals surface area (Å²) >= 11 is 0. The number of fused-ring (bicyclic) bond motifs is 3. The number of unbranched alkanes of at least 4 members (excludes halogenated alkanes) is 1. The van der Waals surface area contributed by atoms with Crippen LogP contribution >= 0.6 is 0 Å². The minimum Gasteiger partial charge on any atom is -0.356 e. The van der Waals surface area contributed by atoms with Crippen LogP contribution in [0.1, 0.15) is 30.9 Å². The van der Waals surface area contributed by atoms with Gasteiger partial charge in [0.2, 0.25) is 0 Å². The van der Waals surface area contributed by atoms with Crippen LogP contribution < -0.4 is 10.6 Å². The van der Waals surface area contributed by atoms with Crippen LogP contribution in [0.25, 0.3) is 0 Å². The van der Waals surface area contributed by atoms with Gasteiger partial charge in [-0.3, -0.25) is 9.80 Å². The Kier molecular flexibility index (Phi) is 6.70. The summed E-state index contributed by atoms with van der Waals surface area (Å²) in [5.41, 5.74) is 2.55. The van der Waals surface area contributed by atoms with Gasteiger partial charge >= 0.3 is 0 Å². The van der Waals surface area contributed by atoms with E-state index in [4.69, 9.17) is 4.99 Å². The molecule has 0 aliphatic carbocycles. The molecule has 3 aliphatic heterocycles. The summed E-state index contributed by atoms with van der Waals surface area (Å²) in [5.74, 6) is 0.951. The molecular weight excluding hydrogens is 310 g/mol. The zero-order chi connectivity index (χ0) is 17.5. The van der Waals surface area contributed by atoms with Gasteiger partial charge in [0.05, 0.1) is 6.54 Å². The molecule has 1 atom stereocenters. The van der Waals surface area contributed by atoms with E-state index in [9.17, 15) is 0 Å². The maximum absolute atomic E-state index is 4.80. The van der Waals surface area contributed by atoms with Gasteiger partial charge in [0, 0.05) is 51.9 Å². The second-order valence-corrected chi connectivity index (χ2v) is 7.30. The second-order valence-electron chi connectivity index (χ2n) is 7.30. The summed E-state index contributed by atoms with van der Waals surface area (Å²) in [4.78, 5) is 10.0. The average molecular weight is 344 g/mol. The van der Waals surface area contributed by atoms with Crippen molar-refractivity contribution >= 4 is 5.96 Å². The Labute approximate surface area is 152 Å². The fourth-order valence-corrected chi connectivity index (χ4v) is 3.55. The van der Waals surface area contributed by atoms with Crippen LogP contribution in [0.2, 0.25) is 0 Å². The molecule has 1 aromatic rings. The molecule has 0 spiro atoms. The predicted molar refractivity (Wildman–Crippen MR) is 105 cm³/mol. The van der Waals surface area contributed by atoms with E-state index in [2.05, 4.69) is 58.5 Å². The number of guanidine groups is 1. The summed E-state index contributed by atoms with van der Waals surface area (Å²) in [7, 11) is 0. The van der Waals surface area contributed by atoms with Crippen LogP contribution in [0, 0.1) is 6.92 Å². The van der Waals surface area contributed by atoms with Crippen molar-refractivity contribution in [3.63, 3.8) is 0 Å². The van der Waals surface area contributed by atoms with Crippen LogP contribution in [0.5, 0.6) is 0 Å². The van der Waals surface area contributed by atoms with Gasteiger partial charge in [-0.25, -0.2) is 4.99 Å². The Bertz CT molecular complexity index is 546. The molecule has 5 heteroatoms.